The van der Waals surface area contributed by atoms with Crippen molar-refractivity contribution in [2.75, 3.05) is 20.8 Å². The lowest BCUT2D eigenvalue weighted by molar-refractivity contribution is 0.303. The Morgan fingerprint density at radius 1 is 0.839 bits per heavy atom. The van der Waals surface area contributed by atoms with Crippen LogP contribution in [0.25, 0.3) is 22.4 Å². The molecule has 0 saturated carbocycles. The molecule has 5 nitrogen and oxygen atoms in total. The van der Waals surface area contributed by atoms with Crippen LogP contribution in [0.15, 0.2) is 66.7 Å². The molecule has 1 aromatic heterocycles. The monoisotopic (exact) mass is 416 g/mol. The van der Waals surface area contributed by atoms with E-state index in [-0.39, 0.29) is 0 Å². The molecule has 0 radical (unpaired) electrons. The van der Waals surface area contributed by atoms with Crippen LogP contribution >= 0.6 is 0 Å². The number of imidazole rings is 1. The number of aryl methyl sites for hydroxylation is 2. The maximum Gasteiger partial charge on any atom is 0.161 e. The van der Waals surface area contributed by atoms with E-state index in [4.69, 9.17) is 19.2 Å². The SMILES string of the molecule is COc1ccc(-c2nc3ccccc3n2CCCCOc2ccc(C)cc2)cc1OC. The van der Waals surface area contributed by atoms with Gasteiger partial charge in [0, 0.05) is 12.1 Å². The number of para-hydroxylation sites is 2. The molecule has 3 aromatic carbocycles. The summed E-state index contributed by atoms with van der Waals surface area (Å²) in [7, 11) is 3.30. The van der Waals surface area contributed by atoms with E-state index >= 15 is 0 Å². The molecular formula is C26H28N2O3. The van der Waals surface area contributed by atoms with Gasteiger partial charge >= 0.3 is 0 Å². The van der Waals surface area contributed by atoms with Gasteiger partial charge in [-0.05, 0) is 62.2 Å². The van der Waals surface area contributed by atoms with Gasteiger partial charge in [0.1, 0.15) is 11.6 Å². The smallest absolute Gasteiger partial charge is 0.161 e. The van der Waals surface area contributed by atoms with Crippen molar-refractivity contribution in [3.8, 4) is 28.6 Å². The summed E-state index contributed by atoms with van der Waals surface area (Å²) >= 11 is 0. The highest BCUT2D eigenvalue weighted by Gasteiger charge is 2.14. The molecule has 0 aliphatic heterocycles. The first kappa shape index (κ1) is 20.8. The molecule has 0 aliphatic rings. The molecule has 4 aromatic rings. The molecule has 5 heteroatoms. The summed E-state index contributed by atoms with van der Waals surface area (Å²) < 4.78 is 19.0. The van der Waals surface area contributed by atoms with Crippen LogP contribution < -0.4 is 14.2 Å². The zero-order chi connectivity index (χ0) is 21.6. The van der Waals surface area contributed by atoms with Crippen LogP contribution in [0.4, 0.5) is 0 Å². The highest BCUT2D eigenvalue weighted by molar-refractivity contribution is 5.81. The van der Waals surface area contributed by atoms with Crippen molar-refractivity contribution >= 4 is 11.0 Å². The molecule has 0 spiro atoms. The van der Waals surface area contributed by atoms with Crippen LogP contribution in [0, 0.1) is 6.92 Å². The number of hydrogen-bond acceptors (Lipinski definition) is 4. The van der Waals surface area contributed by atoms with Gasteiger partial charge in [-0.15, -0.1) is 0 Å². The van der Waals surface area contributed by atoms with Crippen molar-refractivity contribution < 1.29 is 14.2 Å². The first-order chi connectivity index (χ1) is 15.2. The van der Waals surface area contributed by atoms with Crippen molar-refractivity contribution in [2.24, 2.45) is 0 Å². The lowest BCUT2D eigenvalue weighted by Crippen LogP contribution is -2.04. The Labute approximate surface area is 183 Å². The minimum atomic E-state index is 0.696. The van der Waals surface area contributed by atoms with Crippen LogP contribution in [-0.2, 0) is 6.54 Å². The Morgan fingerprint density at radius 2 is 1.61 bits per heavy atom. The fraction of sp³-hybridized carbons (Fsp3) is 0.269. The van der Waals surface area contributed by atoms with E-state index in [1.807, 2.05) is 36.4 Å². The third-order valence-corrected chi connectivity index (χ3v) is 5.36. The van der Waals surface area contributed by atoms with Crippen LogP contribution in [0.2, 0.25) is 0 Å². The summed E-state index contributed by atoms with van der Waals surface area (Å²) in [5.74, 6) is 3.26. The third-order valence-electron chi connectivity index (χ3n) is 5.36. The third kappa shape index (κ3) is 4.66. The van der Waals surface area contributed by atoms with E-state index in [9.17, 15) is 0 Å². The van der Waals surface area contributed by atoms with Gasteiger partial charge in [0.2, 0.25) is 0 Å². The summed E-state index contributed by atoms with van der Waals surface area (Å²) in [6, 6.07) is 22.4. The summed E-state index contributed by atoms with van der Waals surface area (Å²) in [5, 5.41) is 0. The largest absolute Gasteiger partial charge is 0.494 e. The average molecular weight is 417 g/mol. The van der Waals surface area contributed by atoms with Crippen molar-refractivity contribution in [3.63, 3.8) is 0 Å². The molecule has 0 N–H and O–H groups in total. The van der Waals surface area contributed by atoms with Crippen molar-refractivity contribution in [3.05, 3.63) is 72.3 Å². The molecule has 0 bridgehead atoms. The van der Waals surface area contributed by atoms with Gasteiger partial charge in [-0.2, -0.15) is 0 Å². The molecule has 160 valence electrons. The van der Waals surface area contributed by atoms with Crippen LogP contribution in [0.5, 0.6) is 17.2 Å². The number of nitrogens with zero attached hydrogens (tertiary/aromatic N) is 2. The lowest BCUT2D eigenvalue weighted by atomic mass is 10.2. The Kier molecular flexibility index (Phi) is 6.41. The van der Waals surface area contributed by atoms with Crippen LogP contribution in [0.1, 0.15) is 18.4 Å². The van der Waals surface area contributed by atoms with E-state index in [2.05, 4.69) is 41.8 Å². The molecule has 31 heavy (non-hydrogen) atoms. The van der Waals surface area contributed by atoms with Crippen molar-refractivity contribution in [1.29, 1.82) is 0 Å². The van der Waals surface area contributed by atoms with Gasteiger partial charge in [0.15, 0.2) is 11.5 Å². The number of hydrogen-bond donors (Lipinski definition) is 0. The van der Waals surface area contributed by atoms with E-state index in [0.717, 1.165) is 47.6 Å². The van der Waals surface area contributed by atoms with Gasteiger partial charge in [0.05, 0.1) is 31.9 Å². The molecule has 0 unspecified atom stereocenters. The Balaban J connectivity index is 1.51. The summed E-state index contributed by atoms with van der Waals surface area (Å²) in [4.78, 5) is 4.90. The van der Waals surface area contributed by atoms with Gasteiger partial charge in [-0.25, -0.2) is 4.98 Å². The summed E-state index contributed by atoms with van der Waals surface area (Å²) in [6.45, 7) is 3.64. The minimum absolute atomic E-state index is 0.696. The molecule has 0 aliphatic carbocycles. The highest BCUT2D eigenvalue weighted by Crippen LogP contribution is 2.33. The second kappa shape index (κ2) is 9.56. The second-order valence-electron chi connectivity index (χ2n) is 7.51. The quantitative estimate of drug-likeness (QED) is 0.319. The number of fused-ring (bicyclic) bond motifs is 1. The average Bonchev–Trinajstić information content (AvgIpc) is 3.18. The van der Waals surface area contributed by atoms with Gasteiger partial charge in [0.25, 0.3) is 0 Å². The minimum Gasteiger partial charge on any atom is -0.494 e. The normalized spacial score (nSPS) is 10.9. The maximum atomic E-state index is 5.88. The van der Waals surface area contributed by atoms with Gasteiger partial charge in [-0.1, -0.05) is 29.8 Å². The Bertz CT molecular complexity index is 1150. The number of methoxy groups -OCH3 is 2. The molecule has 0 amide bonds. The predicted octanol–water partition coefficient (Wildman–Crippen LogP) is 5.89. The van der Waals surface area contributed by atoms with Crippen LogP contribution in [0.3, 0.4) is 0 Å². The molecule has 0 saturated heterocycles. The van der Waals surface area contributed by atoms with Crippen molar-refractivity contribution in [2.45, 2.75) is 26.3 Å². The first-order valence-corrected chi connectivity index (χ1v) is 10.6. The van der Waals surface area contributed by atoms with E-state index < -0.39 is 0 Å². The Morgan fingerprint density at radius 3 is 2.39 bits per heavy atom. The second-order valence-corrected chi connectivity index (χ2v) is 7.51. The topological polar surface area (TPSA) is 45.5 Å². The number of rotatable bonds is 9. The Hall–Kier alpha value is -3.47. The van der Waals surface area contributed by atoms with Crippen molar-refractivity contribution in [1.82, 2.24) is 9.55 Å². The van der Waals surface area contributed by atoms with Gasteiger partial charge < -0.3 is 18.8 Å². The zero-order valence-electron chi connectivity index (χ0n) is 18.3. The predicted molar refractivity (Wildman–Crippen MR) is 124 cm³/mol. The van der Waals surface area contributed by atoms with Gasteiger partial charge in [-0.3, -0.25) is 0 Å². The summed E-state index contributed by atoms with van der Waals surface area (Å²) in [6.07, 6.45) is 1.96. The maximum absolute atomic E-state index is 5.88. The zero-order valence-corrected chi connectivity index (χ0v) is 18.3. The number of unbranched alkanes of at least 4 members (excludes halogenated alkanes) is 1. The van der Waals surface area contributed by atoms with Crippen LogP contribution in [-0.4, -0.2) is 30.4 Å². The number of ether oxygens (including phenoxy) is 3. The van der Waals surface area contributed by atoms with E-state index in [1.165, 1.54) is 5.56 Å². The number of benzene rings is 3. The molecule has 4 rings (SSSR count). The summed E-state index contributed by atoms with van der Waals surface area (Å²) in [5.41, 5.74) is 4.36. The first-order valence-electron chi connectivity index (χ1n) is 10.6. The lowest BCUT2D eigenvalue weighted by Gasteiger charge is -2.12. The molecule has 0 fully saturated rings. The molecule has 0 atom stereocenters. The fourth-order valence-corrected chi connectivity index (χ4v) is 3.69. The fourth-order valence-electron chi connectivity index (χ4n) is 3.69. The number of aromatic nitrogens is 2. The van der Waals surface area contributed by atoms with E-state index in [1.54, 1.807) is 14.2 Å². The highest BCUT2D eigenvalue weighted by atomic mass is 16.5. The standard InChI is InChI=1S/C26H28N2O3/c1-19-10-13-21(14-11-19)31-17-7-6-16-28-23-9-5-4-8-22(23)27-26(28)20-12-15-24(29-2)25(18-20)30-3/h4-5,8-15,18H,6-7,16-17H2,1-3H3. The van der Waals surface area contributed by atoms with E-state index in [0.29, 0.717) is 18.1 Å². The molecule has 1 heterocycles. The molecular weight excluding hydrogens is 388 g/mol.